The molecule has 9 aromatic carbocycles. The van der Waals surface area contributed by atoms with Crippen molar-refractivity contribution in [3.05, 3.63) is 216 Å². The number of hydrogen-bond acceptors (Lipinski definition) is 2. The van der Waals surface area contributed by atoms with Crippen molar-refractivity contribution in [3.63, 3.8) is 0 Å². The molecule has 11 aromatic rings. The summed E-state index contributed by atoms with van der Waals surface area (Å²) in [6.07, 6.45) is 0. The summed E-state index contributed by atoms with van der Waals surface area (Å²) in [6, 6.07) is 71.9. The first-order chi connectivity index (χ1) is 33.3. The molecule has 0 saturated heterocycles. The fourth-order valence-electron chi connectivity index (χ4n) is 12.5. The van der Waals surface area contributed by atoms with Gasteiger partial charge in [0.15, 0.2) is 0 Å². The highest BCUT2D eigenvalue weighted by Gasteiger charge is 2.57. The highest BCUT2D eigenvalue weighted by molar-refractivity contribution is 6.12. The molecule has 0 aliphatic heterocycles. The first kappa shape index (κ1) is 41.6. The summed E-state index contributed by atoms with van der Waals surface area (Å²) in [5.74, 6) is 0. The van der Waals surface area contributed by atoms with E-state index in [0.29, 0.717) is 0 Å². The lowest BCUT2D eigenvalue weighted by atomic mass is 9.59. The van der Waals surface area contributed by atoms with E-state index in [1.165, 1.54) is 77.7 Å². The molecule has 0 unspecified atom stereocenters. The van der Waals surface area contributed by atoms with Gasteiger partial charge in [0.2, 0.25) is 0 Å². The molecule has 3 heteroatoms. The number of nitrogens with zero attached hydrogens (tertiary/aromatic N) is 2. The molecule has 0 saturated carbocycles. The Balaban J connectivity index is 0.954. The van der Waals surface area contributed by atoms with Gasteiger partial charge >= 0.3 is 0 Å². The quantitative estimate of drug-likeness (QED) is 0.166. The summed E-state index contributed by atoms with van der Waals surface area (Å²) in [5.41, 5.74) is 21.6. The number of rotatable bonds is 6. The topological polar surface area (TPSA) is 21.3 Å². The third-order valence-corrected chi connectivity index (χ3v) is 17.5. The highest BCUT2D eigenvalue weighted by atomic mass is 16.3. The van der Waals surface area contributed by atoms with Crippen molar-refractivity contribution in [1.29, 1.82) is 0 Å². The van der Waals surface area contributed by atoms with Crippen LogP contribution < -0.4 is 4.90 Å². The van der Waals surface area contributed by atoms with Crippen LogP contribution in [0.2, 0.25) is 0 Å². The number of anilines is 3. The summed E-state index contributed by atoms with van der Waals surface area (Å²) in [6.45, 7) is 19.4. The zero-order valence-corrected chi connectivity index (χ0v) is 40.8. The normalized spacial score (nSPS) is 16.0. The monoisotopic (exact) mass is 892 g/mol. The smallest absolute Gasteiger partial charge is 0.143 e. The van der Waals surface area contributed by atoms with E-state index < -0.39 is 0 Å². The summed E-state index contributed by atoms with van der Waals surface area (Å²) >= 11 is 0. The second-order valence-corrected chi connectivity index (χ2v) is 21.8. The first-order valence-corrected chi connectivity index (χ1v) is 24.6. The minimum absolute atomic E-state index is 0.000112. The SMILES string of the molecule is CC1(C)c2ccccc2-c2c(N(c3ccc(-c4ccc5c(c4)c4cc6c(cc4n5-c4ccccc4)C(C)(C)C(C)(C)C6(C)C)cc3)c3ccc(-c4cccc5c4oc4ccccc45)cc3)cccc21. The number of aromatic nitrogens is 1. The number of furan rings is 1. The molecule has 2 heterocycles. The molecule has 69 heavy (non-hydrogen) atoms. The molecular formula is C66H56N2O. The summed E-state index contributed by atoms with van der Waals surface area (Å²) in [4.78, 5) is 2.45. The number of benzene rings is 9. The van der Waals surface area contributed by atoms with Crippen LogP contribution in [0.25, 0.3) is 82.8 Å². The minimum atomic E-state index is -0.128. The van der Waals surface area contributed by atoms with Crippen molar-refractivity contribution < 1.29 is 4.42 Å². The molecule has 2 aliphatic rings. The Morgan fingerprint density at radius 2 is 0.986 bits per heavy atom. The van der Waals surface area contributed by atoms with Crippen LogP contribution in [-0.2, 0) is 16.2 Å². The maximum Gasteiger partial charge on any atom is 0.143 e. The van der Waals surface area contributed by atoms with Crippen molar-refractivity contribution in [1.82, 2.24) is 4.57 Å². The zero-order chi connectivity index (χ0) is 47.2. The first-order valence-electron chi connectivity index (χ1n) is 24.6. The van der Waals surface area contributed by atoms with Crippen LogP contribution in [0.4, 0.5) is 17.1 Å². The largest absolute Gasteiger partial charge is 0.455 e. The maximum absolute atomic E-state index is 6.50. The third kappa shape index (κ3) is 5.74. The van der Waals surface area contributed by atoms with Crippen molar-refractivity contribution in [2.24, 2.45) is 5.41 Å². The van der Waals surface area contributed by atoms with Gasteiger partial charge in [0.05, 0.1) is 16.7 Å². The van der Waals surface area contributed by atoms with Crippen LogP contribution in [0.5, 0.6) is 0 Å². The van der Waals surface area contributed by atoms with Crippen molar-refractivity contribution in [3.8, 4) is 39.1 Å². The highest BCUT2D eigenvalue weighted by Crippen LogP contribution is 2.62. The summed E-state index contributed by atoms with van der Waals surface area (Å²) in [5, 5.41) is 4.86. The van der Waals surface area contributed by atoms with E-state index in [1.54, 1.807) is 0 Å². The molecule has 0 bridgehead atoms. The van der Waals surface area contributed by atoms with Crippen LogP contribution >= 0.6 is 0 Å². The van der Waals surface area contributed by atoms with Gasteiger partial charge in [0.1, 0.15) is 11.2 Å². The van der Waals surface area contributed by atoms with Crippen LogP contribution in [0, 0.1) is 5.41 Å². The fraction of sp³-hybridized carbons (Fsp3) is 0.182. The molecule has 2 aromatic heterocycles. The predicted octanol–water partition coefficient (Wildman–Crippen LogP) is 18.4. The molecule has 0 fully saturated rings. The molecule has 2 aliphatic carbocycles. The van der Waals surface area contributed by atoms with E-state index >= 15 is 0 Å². The zero-order valence-electron chi connectivity index (χ0n) is 40.8. The van der Waals surface area contributed by atoms with Gasteiger partial charge in [-0.15, -0.1) is 0 Å². The lowest BCUT2D eigenvalue weighted by Gasteiger charge is -2.44. The Morgan fingerprint density at radius 3 is 1.74 bits per heavy atom. The van der Waals surface area contributed by atoms with Gasteiger partial charge in [-0.2, -0.15) is 0 Å². The lowest BCUT2D eigenvalue weighted by Crippen LogP contribution is -2.42. The van der Waals surface area contributed by atoms with Gasteiger partial charge in [-0.25, -0.2) is 0 Å². The molecule has 3 nitrogen and oxygen atoms in total. The number of fused-ring (bicyclic) bond motifs is 10. The van der Waals surface area contributed by atoms with Crippen LogP contribution in [0.15, 0.2) is 199 Å². The lowest BCUT2D eigenvalue weighted by molar-refractivity contribution is 0.125. The van der Waals surface area contributed by atoms with E-state index in [1.807, 2.05) is 6.07 Å². The van der Waals surface area contributed by atoms with Gasteiger partial charge in [0, 0.05) is 55.1 Å². The Labute approximate surface area is 405 Å². The van der Waals surface area contributed by atoms with Gasteiger partial charge in [-0.05, 0) is 134 Å². The van der Waals surface area contributed by atoms with E-state index in [4.69, 9.17) is 4.42 Å². The predicted molar refractivity (Wildman–Crippen MR) is 291 cm³/mol. The minimum Gasteiger partial charge on any atom is -0.455 e. The van der Waals surface area contributed by atoms with Crippen molar-refractivity contribution in [2.45, 2.75) is 71.6 Å². The van der Waals surface area contributed by atoms with Gasteiger partial charge in [-0.1, -0.05) is 177 Å². The summed E-state index contributed by atoms with van der Waals surface area (Å²) in [7, 11) is 0. The van der Waals surface area contributed by atoms with Crippen molar-refractivity contribution in [2.75, 3.05) is 4.90 Å². The van der Waals surface area contributed by atoms with Crippen LogP contribution in [-0.4, -0.2) is 4.57 Å². The standard InChI is InChI=1S/C66H56N2O/c1-63(2)53-24-14-12-21-50(53)61-54(63)25-17-26-58(61)67(46-35-30-42(31-36-46)47-22-16-23-49-48-20-13-15-27-60(48)69-62(47)49)45-33-28-41(29-34-45)43-32-37-57-51(38-43)52-39-55-56(65(5,6)66(7,8)64(55,3)4)40-59(52)68(57)44-18-10-9-11-19-44/h9-40H,1-8H3. The Bertz CT molecular complexity index is 3880. The third-order valence-electron chi connectivity index (χ3n) is 17.5. The molecule has 0 atom stereocenters. The molecule has 0 N–H and O–H groups in total. The van der Waals surface area contributed by atoms with Gasteiger partial charge in [-0.3, -0.25) is 0 Å². The maximum atomic E-state index is 6.50. The van der Waals surface area contributed by atoms with Gasteiger partial charge < -0.3 is 13.9 Å². The van der Waals surface area contributed by atoms with E-state index in [-0.39, 0.29) is 21.7 Å². The molecule has 0 amide bonds. The van der Waals surface area contributed by atoms with Crippen molar-refractivity contribution >= 4 is 60.8 Å². The fourth-order valence-corrected chi connectivity index (χ4v) is 12.5. The molecule has 0 spiro atoms. The Kier molecular flexibility index (Phi) is 8.70. The average Bonchev–Trinajstić information content (AvgIpc) is 4.01. The van der Waals surface area contributed by atoms with Gasteiger partial charge in [0.25, 0.3) is 0 Å². The molecule has 0 radical (unpaired) electrons. The molecule has 336 valence electrons. The summed E-state index contributed by atoms with van der Waals surface area (Å²) < 4.78 is 8.98. The second-order valence-electron chi connectivity index (χ2n) is 21.8. The Morgan fingerprint density at radius 1 is 0.406 bits per heavy atom. The van der Waals surface area contributed by atoms with E-state index in [0.717, 1.165) is 44.4 Å². The molecular weight excluding hydrogens is 837 g/mol. The van der Waals surface area contributed by atoms with E-state index in [2.05, 4.69) is 253 Å². The average molecular weight is 893 g/mol. The number of para-hydroxylation sites is 3. The second kappa shape index (κ2) is 14.5. The molecule has 13 rings (SSSR count). The van der Waals surface area contributed by atoms with Crippen LogP contribution in [0.1, 0.15) is 77.6 Å². The van der Waals surface area contributed by atoms with Crippen LogP contribution in [0.3, 0.4) is 0 Å². The Hall–Kier alpha value is -7.62. The van der Waals surface area contributed by atoms with E-state index in [9.17, 15) is 0 Å². The number of hydrogen-bond donors (Lipinski definition) is 0.